The Morgan fingerprint density at radius 3 is 2.80 bits per heavy atom. The summed E-state index contributed by atoms with van der Waals surface area (Å²) in [6.45, 7) is 1.50. The lowest BCUT2D eigenvalue weighted by Crippen LogP contribution is -1.96. The van der Waals surface area contributed by atoms with Gasteiger partial charge in [-0.05, 0) is 13.0 Å². The molecule has 0 fully saturated rings. The molecule has 0 bridgehead atoms. The van der Waals surface area contributed by atoms with Crippen molar-refractivity contribution in [2.45, 2.75) is 13.0 Å². The average Bonchev–Trinajstić information content (AvgIpc) is 1.88. The quantitative estimate of drug-likeness (QED) is 0.597. The number of aliphatic hydroxyl groups excluding tert-OH is 1. The Labute approximate surface area is 58.3 Å². The van der Waals surface area contributed by atoms with Crippen molar-refractivity contribution in [2.24, 2.45) is 0 Å². The van der Waals surface area contributed by atoms with E-state index in [1.807, 2.05) is 0 Å². The van der Waals surface area contributed by atoms with E-state index in [2.05, 4.69) is 4.98 Å². The molecule has 0 amide bonds. The molecule has 0 aromatic carbocycles. The number of nitrogens with zero attached hydrogens (tertiary/aromatic N) is 1. The van der Waals surface area contributed by atoms with Crippen LogP contribution in [0.15, 0.2) is 18.3 Å². The van der Waals surface area contributed by atoms with Crippen molar-refractivity contribution in [3.8, 4) is 0 Å². The van der Waals surface area contributed by atoms with E-state index in [1.54, 1.807) is 6.07 Å². The normalized spacial score (nSPS) is 13.1. The molecule has 3 heteroatoms. The minimum absolute atomic E-state index is 0.238. The lowest BCUT2D eigenvalue weighted by Gasteiger charge is -2.02. The third-order valence-corrected chi connectivity index (χ3v) is 1.24. The van der Waals surface area contributed by atoms with Crippen molar-refractivity contribution in [2.75, 3.05) is 0 Å². The minimum atomic E-state index is -0.784. The maximum absolute atomic E-state index is 12.6. The minimum Gasteiger partial charge on any atom is -0.389 e. The molecule has 54 valence electrons. The molecule has 1 aromatic heterocycles. The van der Waals surface area contributed by atoms with Crippen LogP contribution in [-0.4, -0.2) is 10.1 Å². The Morgan fingerprint density at radius 1 is 1.70 bits per heavy atom. The first kappa shape index (κ1) is 7.15. The third kappa shape index (κ3) is 1.30. The van der Waals surface area contributed by atoms with Gasteiger partial charge in [-0.15, -0.1) is 0 Å². The molecule has 0 aliphatic carbocycles. The zero-order valence-electron chi connectivity index (χ0n) is 5.58. The molecule has 1 aromatic rings. The molecule has 0 aliphatic heterocycles. The van der Waals surface area contributed by atoms with Crippen LogP contribution < -0.4 is 0 Å². The summed E-state index contributed by atoms with van der Waals surface area (Å²) in [5.41, 5.74) is 0.238. The van der Waals surface area contributed by atoms with Gasteiger partial charge in [0.2, 0.25) is 5.95 Å². The first-order valence-electron chi connectivity index (χ1n) is 3.00. The van der Waals surface area contributed by atoms with E-state index in [9.17, 15) is 4.39 Å². The standard InChI is InChI=1S/C7H8FNO/c1-5(10)6-3-2-4-9-7(6)8/h2-5,10H,1H3. The summed E-state index contributed by atoms with van der Waals surface area (Å²) in [6.07, 6.45) is 0.565. The topological polar surface area (TPSA) is 33.1 Å². The van der Waals surface area contributed by atoms with Crippen LogP contribution >= 0.6 is 0 Å². The lowest BCUT2D eigenvalue weighted by molar-refractivity contribution is 0.193. The Morgan fingerprint density at radius 2 is 2.40 bits per heavy atom. The van der Waals surface area contributed by atoms with E-state index >= 15 is 0 Å². The van der Waals surface area contributed by atoms with E-state index in [0.29, 0.717) is 0 Å². The molecule has 0 saturated heterocycles. The summed E-state index contributed by atoms with van der Waals surface area (Å²) < 4.78 is 12.6. The van der Waals surface area contributed by atoms with E-state index in [-0.39, 0.29) is 5.56 Å². The van der Waals surface area contributed by atoms with Crippen molar-refractivity contribution in [3.63, 3.8) is 0 Å². The highest BCUT2D eigenvalue weighted by Crippen LogP contribution is 2.12. The van der Waals surface area contributed by atoms with Gasteiger partial charge in [-0.1, -0.05) is 6.07 Å². The second-order valence-corrected chi connectivity index (χ2v) is 2.06. The predicted molar refractivity (Wildman–Crippen MR) is 34.8 cm³/mol. The smallest absolute Gasteiger partial charge is 0.218 e. The van der Waals surface area contributed by atoms with Gasteiger partial charge in [-0.25, -0.2) is 4.98 Å². The summed E-state index contributed by atoms with van der Waals surface area (Å²) in [5.74, 6) is -0.600. The van der Waals surface area contributed by atoms with Gasteiger partial charge in [0.25, 0.3) is 0 Å². The largest absolute Gasteiger partial charge is 0.389 e. The van der Waals surface area contributed by atoms with Crippen molar-refractivity contribution < 1.29 is 9.50 Å². The fourth-order valence-corrected chi connectivity index (χ4v) is 0.710. The number of hydrogen-bond donors (Lipinski definition) is 1. The molecule has 1 atom stereocenters. The highest BCUT2D eigenvalue weighted by Gasteiger charge is 2.06. The first-order valence-corrected chi connectivity index (χ1v) is 3.00. The monoisotopic (exact) mass is 141 g/mol. The highest BCUT2D eigenvalue weighted by molar-refractivity contribution is 5.12. The SMILES string of the molecule is CC(O)c1cccnc1F. The van der Waals surface area contributed by atoms with Gasteiger partial charge in [-0.2, -0.15) is 4.39 Å². The highest BCUT2D eigenvalue weighted by atomic mass is 19.1. The molecule has 1 N–H and O–H groups in total. The Balaban J connectivity index is 3.03. The van der Waals surface area contributed by atoms with Crippen LogP contribution in [0.25, 0.3) is 0 Å². The summed E-state index contributed by atoms with van der Waals surface area (Å²) in [7, 11) is 0. The van der Waals surface area contributed by atoms with Crippen molar-refractivity contribution >= 4 is 0 Å². The molecular formula is C7H8FNO. The van der Waals surface area contributed by atoms with E-state index in [1.165, 1.54) is 19.2 Å². The Bertz CT molecular complexity index is 225. The fourth-order valence-electron chi connectivity index (χ4n) is 0.710. The second kappa shape index (κ2) is 2.75. The first-order chi connectivity index (χ1) is 4.72. The van der Waals surface area contributed by atoms with Gasteiger partial charge < -0.3 is 5.11 Å². The number of aromatic nitrogens is 1. The predicted octanol–water partition coefficient (Wildman–Crippen LogP) is 1.27. The van der Waals surface area contributed by atoms with Gasteiger partial charge in [-0.3, -0.25) is 0 Å². The molecule has 0 saturated carbocycles. The number of aliphatic hydroxyl groups is 1. The van der Waals surface area contributed by atoms with Crippen LogP contribution in [0.2, 0.25) is 0 Å². The molecule has 1 rings (SSSR count). The molecule has 1 unspecified atom stereocenters. The van der Waals surface area contributed by atoms with Crippen molar-refractivity contribution in [1.29, 1.82) is 0 Å². The molecule has 1 heterocycles. The molecule has 0 spiro atoms. The maximum Gasteiger partial charge on any atom is 0.218 e. The van der Waals surface area contributed by atoms with Crippen LogP contribution in [0.5, 0.6) is 0 Å². The van der Waals surface area contributed by atoms with Crippen molar-refractivity contribution in [1.82, 2.24) is 4.98 Å². The van der Waals surface area contributed by atoms with Gasteiger partial charge in [0.1, 0.15) is 0 Å². The number of hydrogen-bond acceptors (Lipinski definition) is 2. The van der Waals surface area contributed by atoms with Gasteiger partial charge in [0.05, 0.1) is 6.10 Å². The van der Waals surface area contributed by atoms with Crippen LogP contribution in [0.4, 0.5) is 4.39 Å². The molecule has 0 aliphatic rings. The van der Waals surface area contributed by atoms with E-state index < -0.39 is 12.1 Å². The molecular weight excluding hydrogens is 133 g/mol. The molecule has 10 heavy (non-hydrogen) atoms. The van der Waals surface area contributed by atoms with Gasteiger partial charge in [0.15, 0.2) is 0 Å². The second-order valence-electron chi connectivity index (χ2n) is 2.06. The Kier molecular flexibility index (Phi) is 1.97. The van der Waals surface area contributed by atoms with E-state index in [0.717, 1.165) is 0 Å². The summed E-state index contributed by atoms with van der Waals surface area (Å²) in [4.78, 5) is 3.37. The van der Waals surface area contributed by atoms with Crippen LogP contribution in [0.1, 0.15) is 18.6 Å². The number of pyridine rings is 1. The summed E-state index contributed by atoms with van der Waals surface area (Å²) in [5, 5.41) is 8.92. The van der Waals surface area contributed by atoms with Crippen molar-refractivity contribution in [3.05, 3.63) is 29.8 Å². The van der Waals surface area contributed by atoms with Crippen LogP contribution in [0.3, 0.4) is 0 Å². The lowest BCUT2D eigenvalue weighted by atomic mass is 10.2. The van der Waals surface area contributed by atoms with E-state index in [4.69, 9.17) is 5.11 Å². The molecule has 0 radical (unpaired) electrons. The number of halogens is 1. The van der Waals surface area contributed by atoms with Gasteiger partial charge in [0, 0.05) is 11.8 Å². The van der Waals surface area contributed by atoms with Crippen LogP contribution in [-0.2, 0) is 0 Å². The Hall–Kier alpha value is -0.960. The maximum atomic E-state index is 12.6. The zero-order valence-corrected chi connectivity index (χ0v) is 5.58. The summed E-state index contributed by atoms with van der Waals surface area (Å²) in [6, 6.07) is 3.10. The molecule has 2 nitrogen and oxygen atoms in total. The summed E-state index contributed by atoms with van der Waals surface area (Å²) >= 11 is 0. The number of rotatable bonds is 1. The van der Waals surface area contributed by atoms with Gasteiger partial charge >= 0.3 is 0 Å². The van der Waals surface area contributed by atoms with Crippen LogP contribution in [0, 0.1) is 5.95 Å². The zero-order chi connectivity index (χ0) is 7.56. The average molecular weight is 141 g/mol. The third-order valence-electron chi connectivity index (χ3n) is 1.24. The fraction of sp³-hybridized carbons (Fsp3) is 0.286.